The average Bonchev–Trinajstić information content (AvgIpc) is 3.19. The third-order valence-electron chi connectivity index (χ3n) is 6.03. The topological polar surface area (TPSA) is 88.6 Å². The Kier molecular flexibility index (Phi) is 6.65. The van der Waals surface area contributed by atoms with Gasteiger partial charge in [-0.3, -0.25) is 19.4 Å². The van der Waals surface area contributed by atoms with Crippen LogP contribution in [0.15, 0.2) is 48.7 Å². The fourth-order valence-electron chi connectivity index (χ4n) is 4.48. The minimum Gasteiger partial charge on any atom is -0.368 e. The predicted molar refractivity (Wildman–Crippen MR) is 120 cm³/mol. The van der Waals surface area contributed by atoms with Crippen molar-refractivity contribution in [2.45, 2.75) is 51.3 Å². The number of pyridine rings is 1. The summed E-state index contributed by atoms with van der Waals surface area (Å²) < 4.78 is 5.57. The van der Waals surface area contributed by atoms with Crippen LogP contribution < -0.4 is 5.32 Å². The van der Waals surface area contributed by atoms with Crippen LogP contribution in [0.25, 0.3) is 11.3 Å². The summed E-state index contributed by atoms with van der Waals surface area (Å²) in [5, 5.41) is 2.89. The zero-order valence-corrected chi connectivity index (χ0v) is 18.5. The van der Waals surface area contributed by atoms with Gasteiger partial charge >= 0.3 is 0 Å². The molecule has 7 nitrogen and oxygen atoms in total. The van der Waals surface area contributed by atoms with Gasteiger partial charge in [0.1, 0.15) is 18.7 Å². The monoisotopic (exact) mass is 435 g/mol. The van der Waals surface area contributed by atoms with E-state index in [1.54, 1.807) is 17.0 Å². The summed E-state index contributed by atoms with van der Waals surface area (Å²) in [6, 6.07) is 12.0. The van der Waals surface area contributed by atoms with Crippen LogP contribution in [-0.2, 0) is 14.3 Å². The molecule has 3 atom stereocenters. The van der Waals surface area contributed by atoms with Crippen molar-refractivity contribution in [1.29, 1.82) is 0 Å². The highest BCUT2D eigenvalue weighted by molar-refractivity contribution is 5.99. The molecule has 2 amide bonds. The van der Waals surface area contributed by atoms with E-state index < -0.39 is 12.1 Å². The van der Waals surface area contributed by atoms with E-state index >= 15 is 0 Å². The third-order valence-corrected chi connectivity index (χ3v) is 6.03. The second-order valence-electron chi connectivity index (χ2n) is 8.89. The number of fused-ring (bicyclic) bond motifs is 1. The van der Waals surface area contributed by atoms with E-state index in [-0.39, 0.29) is 36.2 Å². The van der Waals surface area contributed by atoms with E-state index in [1.165, 1.54) is 6.20 Å². The first-order valence-corrected chi connectivity index (χ1v) is 11.2. The van der Waals surface area contributed by atoms with Gasteiger partial charge in [0.2, 0.25) is 5.91 Å². The van der Waals surface area contributed by atoms with E-state index in [1.807, 2.05) is 44.2 Å². The first-order valence-electron chi connectivity index (χ1n) is 11.2. The molecule has 0 spiro atoms. The molecule has 7 heteroatoms. The molecule has 1 N–H and O–H groups in total. The number of piperidine rings is 1. The van der Waals surface area contributed by atoms with Crippen LogP contribution >= 0.6 is 0 Å². The molecular weight excluding hydrogens is 406 g/mol. The highest BCUT2D eigenvalue weighted by atomic mass is 16.5. The molecule has 2 aliphatic heterocycles. The van der Waals surface area contributed by atoms with Crippen molar-refractivity contribution in [2.75, 3.05) is 13.2 Å². The quantitative estimate of drug-likeness (QED) is 0.754. The van der Waals surface area contributed by atoms with Gasteiger partial charge < -0.3 is 15.0 Å². The summed E-state index contributed by atoms with van der Waals surface area (Å²) in [5.41, 5.74) is 2.13. The number of likely N-dealkylation sites (tertiary alicyclic amines) is 1. The van der Waals surface area contributed by atoms with E-state index in [2.05, 4.69) is 10.3 Å². The molecule has 1 aromatic carbocycles. The van der Waals surface area contributed by atoms with Crippen LogP contribution in [0.4, 0.5) is 0 Å². The maximum absolute atomic E-state index is 13.4. The zero-order valence-electron chi connectivity index (χ0n) is 18.5. The summed E-state index contributed by atoms with van der Waals surface area (Å²) >= 11 is 0. The van der Waals surface area contributed by atoms with Gasteiger partial charge in [-0.05, 0) is 37.3 Å². The number of amides is 2. The van der Waals surface area contributed by atoms with E-state index in [0.717, 1.165) is 24.1 Å². The number of hydrogen-bond donors (Lipinski definition) is 1. The van der Waals surface area contributed by atoms with E-state index in [9.17, 15) is 14.4 Å². The summed E-state index contributed by atoms with van der Waals surface area (Å²) in [6.45, 7) is 4.57. The van der Waals surface area contributed by atoms with Crippen LogP contribution in [0.1, 0.15) is 43.5 Å². The standard InChI is InChI=1S/C25H29N3O4/c1-16(2)13-20(25(31)28-12-6-9-22-23(28)21(29)15-32-22)27-24(30)18-10-11-19(26-14-18)17-7-4-3-5-8-17/h3-5,7-8,10-11,14,16,20,22-23H,6,9,12-13,15H2,1-2H3,(H,27,30). The number of Topliss-reactive ketones (excluding diaryl/α,β-unsaturated/α-hetero) is 1. The lowest BCUT2D eigenvalue weighted by Gasteiger charge is -2.37. The van der Waals surface area contributed by atoms with Crippen molar-refractivity contribution >= 4 is 17.6 Å². The third kappa shape index (κ3) is 4.72. The first kappa shape index (κ1) is 22.1. The second kappa shape index (κ2) is 9.61. The molecule has 2 aliphatic rings. The summed E-state index contributed by atoms with van der Waals surface area (Å²) in [6.07, 6.45) is 3.35. The van der Waals surface area contributed by atoms with Crippen molar-refractivity contribution in [3.63, 3.8) is 0 Å². The highest BCUT2D eigenvalue weighted by Crippen LogP contribution is 2.27. The average molecular weight is 436 g/mol. The largest absolute Gasteiger partial charge is 0.368 e. The predicted octanol–water partition coefficient (Wildman–Crippen LogP) is 2.85. The number of ether oxygens (including phenoxy) is 1. The van der Waals surface area contributed by atoms with Crippen LogP contribution in [-0.4, -0.2) is 58.8 Å². The summed E-state index contributed by atoms with van der Waals surface area (Å²) in [7, 11) is 0. The smallest absolute Gasteiger partial charge is 0.253 e. The van der Waals surface area contributed by atoms with Gasteiger partial charge in [-0.2, -0.15) is 0 Å². The molecule has 2 saturated heterocycles. The molecule has 1 aromatic heterocycles. The van der Waals surface area contributed by atoms with Gasteiger partial charge in [-0.25, -0.2) is 0 Å². The maximum atomic E-state index is 13.4. The summed E-state index contributed by atoms with van der Waals surface area (Å²) in [4.78, 5) is 44.7. The molecule has 3 unspecified atom stereocenters. The molecule has 3 heterocycles. The Morgan fingerprint density at radius 2 is 1.97 bits per heavy atom. The Morgan fingerprint density at radius 1 is 1.19 bits per heavy atom. The molecule has 0 radical (unpaired) electrons. The molecule has 4 rings (SSSR count). The van der Waals surface area contributed by atoms with Gasteiger partial charge in [0.05, 0.1) is 17.4 Å². The molecule has 2 aromatic rings. The lowest BCUT2D eigenvalue weighted by molar-refractivity contribution is -0.142. The minimum absolute atomic E-state index is 0.0553. The Morgan fingerprint density at radius 3 is 2.66 bits per heavy atom. The molecule has 0 bridgehead atoms. The van der Waals surface area contributed by atoms with Crippen molar-refractivity contribution in [3.05, 3.63) is 54.2 Å². The lowest BCUT2D eigenvalue weighted by Crippen LogP contribution is -2.58. The Bertz CT molecular complexity index is 974. The van der Waals surface area contributed by atoms with Gasteiger partial charge in [0, 0.05) is 18.3 Å². The number of rotatable bonds is 6. The van der Waals surface area contributed by atoms with Gasteiger partial charge in [-0.1, -0.05) is 44.2 Å². The van der Waals surface area contributed by atoms with Crippen LogP contribution in [0.3, 0.4) is 0 Å². The lowest BCUT2D eigenvalue weighted by atomic mass is 9.95. The Hall–Kier alpha value is -3.06. The SMILES string of the molecule is CC(C)CC(NC(=O)c1ccc(-c2ccccc2)nc1)C(=O)N1CCCC2OCC(=O)C21. The van der Waals surface area contributed by atoms with Crippen molar-refractivity contribution < 1.29 is 19.1 Å². The fraction of sp³-hybridized carbons (Fsp3) is 0.440. The number of nitrogens with one attached hydrogen (secondary N) is 1. The first-order chi connectivity index (χ1) is 15.4. The van der Waals surface area contributed by atoms with Gasteiger partial charge in [0.25, 0.3) is 5.91 Å². The Balaban J connectivity index is 1.49. The van der Waals surface area contributed by atoms with Crippen molar-refractivity contribution in [3.8, 4) is 11.3 Å². The Labute approximate surface area is 188 Å². The number of hydrogen-bond acceptors (Lipinski definition) is 5. The molecular formula is C25H29N3O4. The van der Waals surface area contributed by atoms with Crippen LogP contribution in [0.2, 0.25) is 0 Å². The normalized spacial score (nSPS) is 21.3. The van der Waals surface area contributed by atoms with Gasteiger partial charge in [-0.15, -0.1) is 0 Å². The van der Waals surface area contributed by atoms with E-state index in [0.29, 0.717) is 18.5 Å². The highest BCUT2D eigenvalue weighted by Gasteiger charge is 2.45. The summed E-state index contributed by atoms with van der Waals surface area (Å²) in [5.74, 6) is -0.426. The number of carbonyl (C=O) groups excluding carboxylic acids is 3. The molecule has 2 fully saturated rings. The van der Waals surface area contributed by atoms with Crippen LogP contribution in [0, 0.1) is 5.92 Å². The van der Waals surface area contributed by atoms with Crippen LogP contribution in [0.5, 0.6) is 0 Å². The number of aromatic nitrogens is 1. The zero-order chi connectivity index (χ0) is 22.7. The van der Waals surface area contributed by atoms with Gasteiger partial charge in [0.15, 0.2) is 5.78 Å². The van der Waals surface area contributed by atoms with E-state index in [4.69, 9.17) is 4.74 Å². The number of nitrogens with zero attached hydrogens (tertiary/aromatic N) is 2. The molecule has 0 saturated carbocycles. The van der Waals surface area contributed by atoms with Crippen molar-refractivity contribution in [1.82, 2.24) is 15.2 Å². The number of ketones is 1. The molecule has 168 valence electrons. The maximum Gasteiger partial charge on any atom is 0.253 e. The van der Waals surface area contributed by atoms with Crippen molar-refractivity contribution in [2.24, 2.45) is 5.92 Å². The molecule has 32 heavy (non-hydrogen) atoms. The fourth-order valence-corrected chi connectivity index (χ4v) is 4.48. The second-order valence-corrected chi connectivity index (χ2v) is 8.89. The number of carbonyl (C=O) groups is 3. The number of benzene rings is 1. The molecule has 0 aliphatic carbocycles. The minimum atomic E-state index is -0.705.